The molecule has 0 atom stereocenters. The average Bonchev–Trinajstić information content (AvgIpc) is 3.06. The van der Waals surface area contributed by atoms with Gasteiger partial charge in [0.25, 0.3) is 5.91 Å². The number of methoxy groups -OCH3 is 1. The Labute approximate surface area is 201 Å². The molecule has 1 heterocycles. The summed E-state index contributed by atoms with van der Waals surface area (Å²) in [6.45, 7) is 4.02. The van der Waals surface area contributed by atoms with Crippen LogP contribution in [0.25, 0.3) is 6.08 Å². The van der Waals surface area contributed by atoms with Gasteiger partial charge in [-0.15, -0.1) is 0 Å². The molecule has 0 saturated carbocycles. The van der Waals surface area contributed by atoms with Crippen LogP contribution in [0.15, 0.2) is 70.6 Å². The summed E-state index contributed by atoms with van der Waals surface area (Å²) in [7, 11) is 1.53. The van der Waals surface area contributed by atoms with Crippen molar-refractivity contribution in [2.75, 3.05) is 12.0 Å². The molecule has 1 amide bonds. The third kappa shape index (κ3) is 4.42. The first-order valence-electron chi connectivity index (χ1n) is 9.86. The van der Waals surface area contributed by atoms with Gasteiger partial charge in [0.05, 0.1) is 28.4 Å². The molecular formula is C25H20Cl2N2O2S. The van der Waals surface area contributed by atoms with Crippen molar-refractivity contribution in [1.82, 2.24) is 0 Å². The van der Waals surface area contributed by atoms with E-state index < -0.39 is 0 Å². The molecule has 4 nitrogen and oxygen atoms in total. The van der Waals surface area contributed by atoms with E-state index in [2.05, 4.69) is 0 Å². The number of amides is 1. The largest absolute Gasteiger partial charge is 0.495 e. The van der Waals surface area contributed by atoms with Crippen molar-refractivity contribution in [3.63, 3.8) is 0 Å². The topological polar surface area (TPSA) is 41.9 Å². The van der Waals surface area contributed by atoms with Crippen molar-refractivity contribution in [3.05, 3.63) is 92.3 Å². The number of hydrogen-bond donors (Lipinski definition) is 0. The molecule has 4 rings (SSSR count). The molecule has 1 aliphatic rings. The van der Waals surface area contributed by atoms with Crippen LogP contribution in [0.5, 0.6) is 5.75 Å². The number of carbonyl (C=O) groups is 1. The minimum Gasteiger partial charge on any atom is -0.495 e. The van der Waals surface area contributed by atoms with Gasteiger partial charge in [-0.05, 0) is 67.1 Å². The highest BCUT2D eigenvalue weighted by atomic mass is 35.5. The number of thioether (sulfide) groups is 1. The van der Waals surface area contributed by atoms with Gasteiger partial charge in [0.2, 0.25) is 0 Å². The molecule has 7 heteroatoms. The molecule has 0 unspecified atom stereocenters. The number of benzene rings is 3. The number of halogens is 2. The Kier molecular flexibility index (Phi) is 6.60. The van der Waals surface area contributed by atoms with E-state index in [0.29, 0.717) is 31.4 Å². The van der Waals surface area contributed by atoms with Gasteiger partial charge >= 0.3 is 0 Å². The molecule has 162 valence electrons. The summed E-state index contributed by atoms with van der Waals surface area (Å²) in [5.74, 6) is 0.285. The molecular weight excluding hydrogens is 463 g/mol. The van der Waals surface area contributed by atoms with Gasteiger partial charge in [-0.1, -0.05) is 59.6 Å². The van der Waals surface area contributed by atoms with Crippen LogP contribution in [-0.2, 0) is 4.79 Å². The highest BCUT2D eigenvalue weighted by molar-refractivity contribution is 8.19. The minimum atomic E-state index is -0.177. The van der Waals surface area contributed by atoms with Crippen LogP contribution in [0.4, 0.5) is 11.4 Å². The lowest BCUT2D eigenvalue weighted by atomic mass is 10.1. The molecule has 3 aromatic carbocycles. The molecule has 3 aromatic rings. The number of hydrogen-bond acceptors (Lipinski definition) is 4. The van der Waals surface area contributed by atoms with E-state index in [4.69, 9.17) is 32.9 Å². The molecule has 1 saturated heterocycles. The number of aliphatic imine (C=N–C) groups is 1. The molecule has 0 aliphatic carbocycles. The highest BCUT2D eigenvalue weighted by Crippen LogP contribution is 2.40. The number of nitrogens with zero attached hydrogens (tertiary/aromatic N) is 2. The SMILES string of the molecule is COc1c(Cl)cc(Cl)cc1C=C1SC(=Nc2c(C)cccc2C)N(c2ccccc2)C1=O. The zero-order chi connectivity index (χ0) is 22.8. The molecule has 0 N–H and O–H groups in total. The lowest BCUT2D eigenvalue weighted by Gasteiger charge is -2.16. The van der Waals surface area contributed by atoms with Crippen molar-refractivity contribution >= 4 is 63.5 Å². The fraction of sp³-hybridized carbons (Fsp3) is 0.120. The van der Waals surface area contributed by atoms with Crippen molar-refractivity contribution < 1.29 is 9.53 Å². The zero-order valence-electron chi connectivity index (χ0n) is 17.7. The molecule has 32 heavy (non-hydrogen) atoms. The van der Waals surface area contributed by atoms with Gasteiger partial charge in [-0.2, -0.15) is 0 Å². The Morgan fingerprint density at radius 3 is 2.34 bits per heavy atom. The van der Waals surface area contributed by atoms with Gasteiger partial charge < -0.3 is 4.74 Å². The van der Waals surface area contributed by atoms with E-state index in [1.54, 1.807) is 23.1 Å². The van der Waals surface area contributed by atoms with Gasteiger partial charge in [-0.25, -0.2) is 4.99 Å². The normalized spacial score (nSPS) is 16.3. The first-order valence-corrected chi connectivity index (χ1v) is 11.4. The van der Waals surface area contributed by atoms with Crippen LogP contribution in [-0.4, -0.2) is 18.2 Å². The number of aryl methyl sites for hydroxylation is 2. The fourth-order valence-corrected chi connectivity index (χ4v) is 5.04. The number of carbonyl (C=O) groups excluding carboxylic acids is 1. The Hall–Kier alpha value is -2.73. The monoisotopic (exact) mass is 482 g/mol. The van der Waals surface area contributed by atoms with Crippen molar-refractivity contribution in [2.24, 2.45) is 4.99 Å². The summed E-state index contributed by atoms with van der Waals surface area (Å²) in [5, 5.41) is 1.42. The summed E-state index contributed by atoms with van der Waals surface area (Å²) in [5.41, 5.74) is 4.31. The van der Waals surface area contributed by atoms with E-state index in [1.807, 2.05) is 62.4 Å². The van der Waals surface area contributed by atoms with Crippen LogP contribution < -0.4 is 9.64 Å². The highest BCUT2D eigenvalue weighted by Gasteiger charge is 2.35. The number of rotatable bonds is 4. The Morgan fingerprint density at radius 1 is 1.00 bits per heavy atom. The van der Waals surface area contributed by atoms with Crippen LogP contribution >= 0.6 is 35.0 Å². The lowest BCUT2D eigenvalue weighted by Crippen LogP contribution is -2.28. The third-order valence-electron chi connectivity index (χ3n) is 5.00. The second kappa shape index (κ2) is 9.41. The maximum absolute atomic E-state index is 13.5. The zero-order valence-corrected chi connectivity index (χ0v) is 20.1. The Balaban J connectivity index is 1.86. The van der Waals surface area contributed by atoms with E-state index >= 15 is 0 Å². The quantitative estimate of drug-likeness (QED) is 0.363. The number of anilines is 1. The van der Waals surface area contributed by atoms with Crippen molar-refractivity contribution in [1.29, 1.82) is 0 Å². The summed E-state index contributed by atoms with van der Waals surface area (Å²) in [4.78, 5) is 20.5. The second-order valence-electron chi connectivity index (χ2n) is 7.23. The van der Waals surface area contributed by atoms with Crippen molar-refractivity contribution in [2.45, 2.75) is 13.8 Å². The molecule has 0 bridgehead atoms. The van der Waals surface area contributed by atoms with Gasteiger partial charge in [-0.3, -0.25) is 9.69 Å². The van der Waals surface area contributed by atoms with Crippen LogP contribution in [0.1, 0.15) is 16.7 Å². The first kappa shape index (κ1) is 22.5. The number of ether oxygens (including phenoxy) is 1. The Bertz CT molecular complexity index is 1240. The lowest BCUT2D eigenvalue weighted by molar-refractivity contribution is -0.113. The van der Waals surface area contributed by atoms with Crippen LogP contribution in [0.2, 0.25) is 10.0 Å². The molecule has 0 spiro atoms. The third-order valence-corrected chi connectivity index (χ3v) is 6.46. The molecule has 1 aliphatic heterocycles. The molecule has 1 fully saturated rings. The van der Waals surface area contributed by atoms with E-state index in [0.717, 1.165) is 22.5 Å². The van der Waals surface area contributed by atoms with Gasteiger partial charge in [0, 0.05) is 10.6 Å². The first-order chi connectivity index (χ1) is 15.4. The summed E-state index contributed by atoms with van der Waals surface area (Å²) >= 11 is 13.8. The summed E-state index contributed by atoms with van der Waals surface area (Å²) in [6, 6.07) is 18.8. The maximum atomic E-state index is 13.5. The van der Waals surface area contributed by atoms with E-state index in [1.165, 1.54) is 18.9 Å². The molecule has 0 aromatic heterocycles. The van der Waals surface area contributed by atoms with Crippen LogP contribution in [0.3, 0.4) is 0 Å². The van der Waals surface area contributed by atoms with Crippen molar-refractivity contribution in [3.8, 4) is 5.75 Å². The van der Waals surface area contributed by atoms with Gasteiger partial charge in [0.1, 0.15) is 5.75 Å². The van der Waals surface area contributed by atoms with Crippen LogP contribution in [0, 0.1) is 13.8 Å². The molecule has 0 radical (unpaired) electrons. The standard InChI is InChI=1S/C25H20Cl2N2O2S/c1-15-8-7-9-16(2)22(15)28-25-29(19-10-5-4-6-11-19)24(30)21(32-25)13-17-12-18(26)14-20(27)23(17)31-3/h4-14H,1-3H3. The summed E-state index contributed by atoms with van der Waals surface area (Å²) in [6.07, 6.45) is 1.74. The summed E-state index contributed by atoms with van der Waals surface area (Å²) < 4.78 is 5.44. The number of amidine groups is 1. The predicted molar refractivity (Wildman–Crippen MR) is 136 cm³/mol. The minimum absolute atomic E-state index is 0.177. The van der Waals surface area contributed by atoms with Gasteiger partial charge in [0.15, 0.2) is 5.17 Å². The average molecular weight is 483 g/mol. The predicted octanol–water partition coefficient (Wildman–Crippen LogP) is 7.43. The Morgan fingerprint density at radius 2 is 1.69 bits per heavy atom. The smallest absolute Gasteiger partial charge is 0.271 e. The maximum Gasteiger partial charge on any atom is 0.271 e. The number of para-hydroxylation sites is 2. The fourth-order valence-electron chi connectivity index (χ4n) is 3.48. The van der Waals surface area contributed by atoms with E-state index in [9.17, 15) is 4.79 Å². The van der Waals surface area contributed by atoms with E-state index in [-0.39, 0.29) is 5.91 Å². The second-order valence-corrected chi connectivity index (χ2v) is 9.08.